The standard InChI is InChI=1S/C12H15NO4/c1-7-3-4-8(11(5-7)17-2)10(14)6-9(13)12(15)16/h3-5,9H,6,13H2,1-2H3,(H,15,16)/t9-/m0/s1. The topological polar surface area (TPSA) is 89.6 Å². The number of carboxylic acid groups (broad SMARTS) is 1. The largest absolute Gasteiger partial charge is 0.496 e. The SMILES string of the molecule is COc1cc(C)ccc1C(=O)C[C@H](N)C(=O)O. The highest BCUT2D eigenvalue weighted by molar-refractivity contribution is 6.00. The number of nitrogens with two attached hydrogens (primary N) is 1. The number of carboxylic acids is 1. The molecule has 0 saturated heterocycles. The van der Waals surface area contributed by atoms with Crippen LogP contribution in [-0.2, 0) is 4.79 Å². The molecule has 1 aromatic rings. The maximum absolute atomic E-state index is 11.8. The highest BCUT2D eigenvalue weighted by Crippen LogP contribution is 2.21. The van der Waals surface area contributed by atoms with E-state index in [0.717, 1.165) is 5.56 Å². The summed E-state index contributed by atoms with van der Waals surface area (Å²) in [4.78, 5) is 22.4. The number of Topliss-reactive ketones (excluding diaryl/α,β-unsaturated/α-hetero) is 1. The average molecular weight is 237 g/mol. The number of ether oxygens (including phenoxy) is 1. The number of rotatable bonds is 5. The van der Waals surface area contributed by atoms with E-state index in [4.69, 9.17) is 15.6 Å². The molecule has 5 heteroatoms. The maximum atomic E-state index is 11.8. The van der Waals surface area contributed by atoms with Gasteiger partial charge in [0, 0.05) is 6.42 Å². The number of methoxy groups -OCH3 is 1. The molecule has 0 aromatic heterocycles. The minimum absolute atomic E-state index is 0.241. The van der Waals surface area contributed by atoms with E-state index in [1.54, 1.807) is 18.2 Å². The number of carbonyl (C=O) groups is 2. The first-order valence-corrected chi connectivity index (χ1v) is 5.12. The summed E-state index contributed by atoms with van der Waals surface area (Å²) in [5.41, 5.74) is 6.63. The zero-order valence-corrected chi connectivity index (χ0v) is 9.77. The van der Waals surface area contributed by atoms with Crippen molar-refractivity contribution in [1.29, 1.82) is 0 Å². The van der Waals surface area contributed by atoms with E-state index in [0.29, 0.717) is 11.3 Å². The summed E-state index contributed by atoms with van der Waals surface area (Å²) in [6.07, 6.45) is -0.241. The molecule has 3 N–H and O–H groups in total. The second-order valence-electron chi connectivity index (χ2n) is 3.78. The van der Waals surface area contributed by atoms with Crippen molar-refractivity contribution in [3.63, 3.8) is 0 Å². The van der Waals surface area contributed by atoms with Gasteiger partial charge in [-0.3, -0.25) is 9.59 Å². The molecule has 0 fully saturated rings. The fraction of sp³-hybridized carbons (Fsp3) is 0.333. The predicted molar refractivity (Wildman–Crippen MR) is 62.3 cm³/mol. The van der Waals surface area contributed by atoms with Gasteiger partial charge in [0.2, 0.25) is 0 Å². The summed E-state index contributed by atoms with van der Waals surface area (Å²) in [5, 5.41) is 8.64. The summed E-state index contributed by atoms with van der Waals surface area (Å²) in [6, 6.07) is 3.92. The molecule has 0 unspecified atom stereocenters. The highest BCUT2D eigenvalue weighted by Gasteiger charge is 2.19. The van der Waals surface area contributed by atoms with Gasteiger partial charge in [0.05, 0.1) is 12.7 Å². The quantitative estimate of drug-likeness (QED) is 0.745. The van der Waals surface area contributed by atoms with Crippen LogP contribution in [-0.4, -0.2) is 30.0 Å². The second-order valence-corrected chi connectivity index (χ2v) is 3.78. The van der Waals surface area contributed by atoms with Crippen LogP contribution in [0.3, 0.4) is 0 Å². The zero-order chi connectivity index (χ0) is 13.0. The van der Waals surface area contributed by atoms with Crippen molar-refractivity contribution < 1.29 is 19.4 Å². The predicted octanol–water partition coefficient (Wildman–Crippen LogP) is 0.988. The molecule has 0 spiro atoms. The molecule has 0 bridgehead atoms. The van der Waals surface area contributed by atoms with Crippen LogP contribution in [0.25, 0.3) is 0 Å². The Balaban J connectivity index is 2.92. The number of ketones is 1. The molecular weight excluding hydrogens is 222 g/mol. The van der Waals surface area contributed by atoms with Crippen molar-refractivity contribution in [2.24, 2.45) is 5.73 Å². The highest BCUT2D eigenvalue weighted by atomic mass is 16.5. The number of aliphatic carboxylic acids is 1. The van der Waals surface area contributed by atoms with Crippen LogP contribution in [0.4, 0.5) is 0 Å². The van der Waals surface area contributed by atoms with Gasteiger partial charge in [-0.15, -0.1) is 0 Å². The Morgan fingerprint density at radius 3 is 2.65 bits per heavy atom. The molecule has 1 rings (SSSR count). The van der Waals surface area contributed by atoms with Gasteiger partial charge >= 0.3 is 5.97 Å². The Labute approximate surface area is 99.2 Å². The Morgan fingerprint density at radius 1 is 1.47 bits per heavy atom. The average Bonchev–Trinajstić information content (AvgIpc) is 2.28. The second kappa shape index (κ2) is 5.45. The van der Waals surface area contributed by atoms with Gasteiger partial charge in [-0.2, -0.15) is 0 Å². The lowest BCUT2D eigenvalue weighted by Gasteiger charge is -2.10. The van der Waals surface area contributed by atoms with E-state index >= 15 is 0 Å². The van der Waals surface area contributed by atoms with Crippen molar-refractivity contribution in [2.45, 2.75) is 19.4 Å². The van der Waals surface area contributed by atoms with Crippen molar-refractivity contribution in [1.82, 2.24) is 0 Å². The molecule has 0 heterocycles. The summed E-state index contributed by atoms with van der Waals surface area (Å²) in [7, 11) is 1.46. The molecule has 0 aliphatic heterocycles. The maximum Gasteiger partial charge on any atom is 0.320 e. The minimum Gasteiger partial charge on any atom is -0.496 e. The van der Waals surface area contributed by atoms with Gasteiger partial charge in [-0.25, -0.2) is 0 Å². The summed E-state index contributed by atoms with van der Waals surface area (Å²) in [5.74, 6) is -1.09. The lowest BCUT2D eigenvalue weighted by molar-refractivity contribution is -0.138. The molecule has 0 saturated carbocycles. The molecule has 0 radical (unpaired) electrons. The third-order valence-corrected chi connectivity index (χ3v) is 2.38. The van der Waals surface area contributed by atoms with Gasteiger partial charge in [-0.1, -0.05) is 6.07 Å². The summed E-state index contributed by atoms with van der Waals surface area (Å²) >= 11 is 0. The van der Waals surface area contributed by atoms with E-state index < -0.39 is 12.0 Å². The first-order chi connectivity index (χ1) is 7.95. The van der Waals surface area contributed by atoms with Crippen molar-refractivity contribution in [3.8, 4) is 5.75 Å². The number of aryl methyl sites for hydroxylation is 1. The summed E-state index contributed by atoms with van der Waals surface area (Å²) < 4.78 is 5.08. The third kappa shape index (κ3) is 3.29. The Hall–Kier alpha value is -1.88. The van der Waals surface area contributed by atoms with Crippen LogP contribution in [0.1, 0.15) is 22.3 Å². The fourth-order valence-corrected chi connectivity index (χ4v) is 1.43. The van der Waals surface area contributed by atoms with Crippen molar-refractivity contribution >= 4 is 11.8 Å². The number of hydrogen-bond acceptors (Lipinski definition) is 4. The van der Waals surface area contributed by atoms with Crippen LogP contribution in [0.15, 0.2) is 18.2 Å². The molecule has 0 aliphatic rings. The Bertz CT molecular complexity index is 442. The van der Waals surface area contributed by atoms with Crippen molar-refractivity contribution in [3.05, 3.63) is 29.3 Å². The third-order valence-electron chi connectivity index (χ3n) is 2.38. The van der Waals surface area contributed by atoms with E-state index in [1.165, 1.54) is 7.11 Å². The minimum atomic E-state index is -1.19. The molecule has 0 aliphatic carbocycles. The Kier molecular flexibility index (Phi) is 4.23. The molecule has 1 atom stereocenters. The van der Waals surface area contributed by atoms with Crippen LogP contribution in [0.2, 0.25) is 0 Å². The number of benzene rings is 1. The normalized spacial score (nSPS) is 11.9. The van der Waals surface area contributed by atoms with Gasteiger partial charge in [0.25, 0.3) is 0 Å². The molecule has 17 heavy (non-hydrogen) atoms. The van der Waals surface area contributed by atoms with Gasteiger partial charge < -0.3 is 15.6 Å². The van der Waals surface area contributed by atoms with Crippen LogP contribution in [0.5, 0.6) is 5.75 Å². The van der Waals surface area contributed by atoms with E-state index in [1.807, 2.05) is 6.92 Å². The lowest BCUT2D eigenvalue weighted by atomic mass is 10.0. The van der Waals surface area contributed by atoms with Crippen LogP contribution < -0.4 is 10.5 Å². The summed E-state index contributed by atoms with van der Waals surface area (Å²) in [6.45, 7) is 1.87. The Morgan fingerprint density at radius 2 is 2.12 bits per heavy atom. The fourth-order valence-electron chi connectivity index (χ4n) is 1.43. The van der Waals surface area contributed by atoms with Crippen LogP contribution in [0, 0.1) is 6.92 Å². The first kappa shape index (κ1) is 13.2. The van der Waals surface area contributed by atoms with E-state index in [-0.39, 0.29) is 12.2 Å². The van der Waals surface area contributed by atoms with Crippen molar-refractivity contribution in [2.75, 3.05) is 7.11 Å². The smallest absolute Gasteiger partial charge is 0.320 e. The van der Waals surface area contributed by atoms with E-state index in [9.17, 15) is 9.59 Å². The lowest BCUT2D eigenvalue weighted by Crippen LogP contribution is -2.32. The zero-order valence-electron chi connectivity index (χ0n) is 9.77. The molecule has 1 aromatic carbocycles. The monoisotopic (exact) mass is 237 g/mol. The molecule has 0 amide bonds. The first-order valence-electron chi connectivity index (χ1n) is 5.12. The number of carbonyl (C=O) groups excluding carboxylic acids is 1. The number of hydrogen-bond donors (Lipinski definition) is 2. The van der Waals surface area contributed by atoms with Gasteiger partial charge in [-0.05, 0) is 24.6 Å². The van der Waals surface area contributed by atoms with Gasteiger partial charge in [0.1, 0.15) is 11.8 Å². The molecule has 92 valence electrons. The molecular formula is C12H15NO4. The van der Waals surface area contributed by atoms with E-state index in [2.05, 4.69) is 0 Å². The van der Waals surface area contributed by atoms with Crippen LogP contribution >= 0.6 is 0 Å². The molecule has 5 nitrogen and oxygen atoms in total. The van der Waals surface area contributed by atoms with Gasteiger partial charge in [0.15, 0.2) is 5.78 Å².